The zero-order valence-electron chi connectivity index (χ0n) is 15.6. The van der Waals surface area contributed by atoms with E-state index < -0.39 is 4.92 Å². The number of non-ortho nitro benzene ring substituents is 1. The third-order valence-corrected chi connectivity index (χ3v) is 5.09. The van der Waals surface area contributed by atoms with Gasteiger partial charge in [-0.3, -0.25) is 14.9 Å². The number of aromatic amines is 1. The lowest BCUT2D eigenvalue weighted by Gasteiger charge is -2.19. The first-order valence-corrected chi connectivity index (χ1v) is 8.88. The fourth-order valence-corrected chi connectivity index (χ4v) is 3.56. The minimum Gasteiger partial charge on any atom is -0.497 e. The first-order chi connectivity index (χ1) is 13.5. The number of ketones is 1. The van der Waals surface area contributed by atoms with Gasteiger partial charge in [0.1, 0.15) is 5.75 Å². The highest BCUT2D eigenvalue weighted by Crippen LogP contribution is 2.31. The Bertz CT molecular complexity index is 1130. The van der Waals surface area contributed by atoms with E-state index >= 15 is 0 Å². The van der Waals surface area contributed by atoms with Crippen LogP contribution in [0.4, 0.5) is 5.69 Å². The number of nitrogens with zero attached hydrogens (tertiary/aromatic N) is 2. The lowest BCUT2D eigenvalue weighted by Crippen LogP contribution is -2.24. The van der Waals surface area contributed by atoms with Gasteiger partial charge in [-0.25, -0.2) is 0 Å². The Labute approximate surface area is 161 Å². The number of hydrogen-bond acceptors (Lipinski definition) is 5. The van der Waals surface area contributed by atoms with Gasteiger partial charge in [0.05, 0.1) is 17.7 Å². The first-order valence-electron chi connectivity index (χ1n) is 8.88. The Morgan fingerprint density at radius 2 is 2.07 bits per heavy atom. The van der Waals surface area contributed by atoms with E-state index in [1.807, 2.05) is 36.2 Å². The minimum absolute atomic E-state index is 0.0962. The van der Waals surface area contributed by atoms with Gasteiger partial charge in [-0.15, -0.1) is 0 Å². The number of ether oxygens (including phenoxy) is 1. The molecule has 4 rings (SSSR count). The number of nitro benzene ring substituents is 1. The predicted molar refractivity (Wildman–Crippen MR) is 107 cm³/mol. The quantitative estimate of drug-likeness (QED) is 0.424. The Hall–Kier alpha value is -3.61. The maximum absolute atomic E-state index is 13.1. The van der Waals surface area contributed by atoms with Crippen molar-refractivity contribution in [3.8, 4) is 5.75 Å². The molecule has 7 heteroatoms. The van der Waals surface area contributed by atoms with Gasteiger partial charge in [0.25, 0.3) is 5.69 Å². The molecule has 0 bridgehead atoms. The summed E-state index contributed by atoms with van der Waals surface area (Å²) in [6, 6.07) is 11.7. The summed E-state index contributed by atoms with van der Waals surface area (Å²) in [6.07, 6.45) is 2.59. The van der Waals surface area contributed by atoms with Gasteiger partial charge in [0.15, 0.2) is 0 Å². The van der Waals surface area contributed by atoms with Crippen LogP contribution in [0.25, 0.3) is 17.0 Å². The average molecular weight is 377 g/mol. The van der Waals surface area contributed by atoms with Gasteiger partial charge in [0, 0.05) is 47.9 Å². The van der Waals surface area contributed by atoms with Crippen LogP contribution in [-0.4, -0.2) is 41.3 Å². The molecule has 0 atom stereocenters. The molecule has 0 unspecified atom stereocenters. The molecule has 2 heterocycles. The van der Waals surface area contributed by atoms with Gasteiger partial charge in [0.2, 0.25) is 5.78 Å². The summed E-state index contributed by atoms with van der Waals surface area (Å²) in [5.41, 5.74) is 3.69. The van der Waals surface area contributed by atoms with Crippen molar-refractivity contribution in [2.75, 3.05) is 20.7 Å². The van der Waals surface area contributed by atoms with Crippen molar-refractivity contribution >= 4 is 28.4 Å². The second-order valence-electron chi connectivity index (χ2n) is 6.77. The zero-order chi connectivity index (χ0) is 19.8. The molecule has 1 aromatic heterocycles. The van der Waals surface area contributed by atoms with E-state index in [2.05, 4.69) is 4.98 Å². The summed E-state index contributed by atoms with van der Waals surface area (Å²) in [4.78, 5) is 28.9. The Balaban J connectivity index is 1.80. The topological polar surface area (TPSA) is 88.5 Å². The molecular weight excluding hydrogens is 358 g/mol. The second kappa shape index (κ2) is 6.84. The number of methoxy groups -OCH3 is 1. The fraction of sp³-hybridized carbons (Fsp3) is 0.190. The monoisotopic (exact) mass is 377 g/mol. The van der Waals surface area contributed by atoms with Gasteiger partial charge in [-0.2, -0.15) is 0 Å². The second-order valence-corrected chi connectivity index (χ2v) is 6.77. The van der Waals surface area contributed by atoms with Crippen LogP contribution < -0.4 is 4.74 Å². The van der Waals surface area contributed by atoms with Crippen molar-refractivity contribution in [2.45, 2.75) is 6.42 Å². The van der Waals surface area contributed by atoms with E-state index in [1.54, 1.807) is 13.2 Å². The lowest BCUT2D eigenvalue weighted by molar-refractivity contribution is -0.384. The molecular formula is C21H19N3O4. The molecule has 0 aliphatic carbocycles. The smallest absolute Gasteiger partial charge is 0.270 e. The molecule has 1 aliphatic rings. The molecule has 1 aliphatic heterocycles. The number of H-pyrrole nitrogens is 1. The number of carbonyl (C=O) groups excluding carboxylic acids is 1. The summed E-state index contributed by atoms with van der Waals surface area (Å²) < 4.78 is 5.33. The van der Waals surface area contributed by atoms with E-state index in [4.69, 9.17) is 4.74 Å². The molecule has 0 radical (unpaired) electrons. The summed E-state index contributed by atoms with van der Waals surface area (Å²) in [5.74, 6) is 0.541. The number of likely N-dealkylation sites (N-methyl/N-ethyl adjacent to an activating group) is 1. The number of aromatic nitrogens is 1. The highest BCUT2D eigenvalue weighted by molar-refractivity contribution is 6.11. The zero-order valence-corrected chi connectivity index (χ0v) is 15.6. The van der Waals surface area contributed by atoms with Crippen molar-refractivity contribution in [2.24, 2.45) is 0 Å². The van der Waals surface area contributed by atoms with Crippen molar-refractivity contribution in [3.05, 3.63) is 75.1 Å². The molecule has 1 N–H and O–H groups in total. The van der Waals surface area contributed by atoms with E-state index in [1.165, 1.54) is 18.2 Å². The molecule has 142 valence electrons. The molecule has 3 aromatic rings. The molecule has 28 heavy (non-hydrogen) atoms. The van der Waals surface area contributed by atoms with Crippen molar-refractivity contribution in [1.29, 1.82) is 0 Å². The largest absolute Gasteiger partial charge is 0.497 e. The Kier molecular flexibility index (Phi) is 4.35. The number of fused-ring (bicyclic) bond motifs is 3. The van der Waals surface area contributed by atoms with E-state index in [-0.39, 0.29) is 11.5 Å². The molecule has 0 saturated heterocycles. The van der Waals surface area contributed by atoms with Crippen LogP contribution in [0.2, 0.25) is 0 Å². The van der Waals surface area contributed by atoms with Gasteiger partial charge in [-0.1, -0.05) is 12.1 Å². The number of benzene rings is 2. The van der Waals surface area contributed by atoms with Crippen molar-refractivity contribution in [1.82, 2.24) is 9.88 Å². The van der Waals surface area contributed by atoms with Crippen LogP contribution in [-0.2, 0) is 6.42 Å². The normalized spacial score (nSPS) is 13.6. The van der Waals surface area contributed by atoms with Crippen LogP contribution >= 0.6 is 0 Å². The third-order valence-electron chi connectivity index (χ3n) is 5.09. The van der Waals surface area contributed by atoms with Gasteiger partial charge >= 0.3 is 0 Å². The lowest BCUT2D eigenvalue weighted by atomic mass is 10.1. The maximum atomic E-state index is 13.1. The van der Waals surface area contributed by atoms with Gasteiger partial charge < -0.3 is 14.6 Å². The number of hydrogen-bond donors (Lipinski definition) is 1. The summed E-state index contributed by atoms with van der Waals surface area (Å²) in [7, 11) is 3.49. The van der Waals surface area contributed by atoms with Crippen LogP contribution in [0.1, 0.15) is 21.6 Å². The number of nitrogens with one attached hydrogen (secondary N) is 1. The number of Topliss-reactive ketones (excluding diaryl/α,β-unsaturated/α-hetero) is 1. The SMILES string of the molecule is COc1ccc2[nH]c3c(c2c1)CCN(C)C(C(=O)c1cccc([N+](=O)[O-])c1)=C3. The summed E-state index contributed by atoms with van der Waals surface area (Å²) in [6.45, 7) is 0.656. The van der Waals surface area contributed by atoms with Crippen molar-refractivity contribution < 1.29 is 14.5 Å². The van der Waals surface area contributed by atoms with Crippen molar-refractivity contribution in [3.63, 3.8) is 0 Å². The van der Waals surface area contributed by atoms with Crippen LogP contribution in [0.15, 0.2) is 48.2 Å². The number of carbonyl (C=O) groups is 1. The van der Waals surface area contributed by atoms with E-state index in [0.717, 1.165) is 34.3 Å². The fourth-order valence-electron chi connectivity index (χ4n) is 3.56. The Morgan fingerprint density at radius 3 is 2.82 bits per heavy atom. The third kappa shape index (κ3) is 3.00. The number of rotatable bonds is 4. The highest BCUT2D eigenvalue weighted by Gasteiger charge is 2.23. The summed E-state index contributed by atoms with van der Waals surface area (Å²) >= 11 is 0. The van der Waals surface area contributed by atoms with E-state index in [9.17, 15) is 14.9 Å². The van der Waals surface area contributed by atoms with E-state index in [0.29, 0.717) is 17.8 Å². The standard InChI is InChI=1S/C21H19N3O4/c1-23-9-8-16-17-11-15(28-2)6-7-18(17)22-19(16)12-20(23)21(25)13-4-3-5-14(10-13)24(26)27/h3-7,10-12,22H,8-9H2,1-2H3. The van der Waals surface area contributed by atoms with Crippen LogP contribution in [0.3, 0.4) is 0 Å². The molecule has 0 spiro atoms. The number of nitro groups is 1. The average Bonchev–Trinajstić information content (AvgIpc) is 2.97. The molecule has 0 saturated carbocycles. The molecule has 0 amide bonds. The predicted octanol–water partition coefficient (Wildman–Crippen LogP) is 3.80. The Morgan fingerprint density at radius 1 is 1.25 bits per heavy atom. The first kappa shape index (κ1) is 17.8. The van der Waals surface area contributed by atoms with Crippen LogP contribution in [0.5, 0.6) is 5.75 Å². The minimum atomic E-state index is -0.495. The maximum Gasteiger partial charge on any atom is 0.270 e. The molecule has 2 aromatic carbocycles. The number of allylic oxidation sites excluding steroid dienone is 1. The molecule has 0 fully saturated rings. The molecule has 7 nitrogen and oxygen atoms in total. The van der Waals surface area contributed by atoms with Gasteiger partial charge in [-0.05, 0) is 36.3 Å². The summed E-state index contributed by atoms with van der Waals surface area (Å²) in [5, 5.41) is 12.1. The highest BCUT2D eigenvalue weighted by atomic mass is 16.6. The van der Waals surface area contributed by atoms with Crippen LogP contribution in [0, 0.1) is 10.1 Å².